The van der Waals surface area contributed by atoms with Gasteiger partial charge in [0.2, 0.25) is 0 Å². The molecule has 0 bridgehead atoms. The minimum atomic E-state index is -4.54. The summed E-state index contributed by atoms with van der Waals surface area (Å²) in [7, 11) is 0. The van der Waals surface area contributed by atoms with Gasteiger partial charge in [-0.15, -0.1) is 0 Å². The van der Waals surface area contributed by atoms with E-state index in [0.29, 0.717) is 6.07 Å². The van der Waals surface area contributed by atoms with Crippen molar-refractivity contribution in [1.29, 1.82) is 0 Å². The first-order chi connectivity index (χ1) is 10.2. The lowest BCUT2D eigenvalue weighted by atomic mass is 10.1. The molecule has 0 radical (unpaired) electrons. The molecule has 116 valence electrons. The van der Waals surface area contributed by atoms with Crippen LogP contribution in [0.15, 0.2) is 30.3 Å². The number of nitrogens with zero attached hydrogens (tertiary/aromatic N) is 1. The van der Waals surface area contributed by atoms with Crippen molar-refractivity contribution in [2.75, 3.05) is 0 Å². The van der Waals surface area contributed by atoms with Crippen LogP contribution >= 0.6 is 0 Å². The molecule has 2 aromatic rings. The summed E-state index contributed by atoms with van der Waals surface area (Å²) in [6.07, 6.45) is -5.30. The standard InChI is InChI=1S/C14H8F5NO2/c15-9-5-10(16)13(20-11(9)6-12(21)22)7-1-3-8(4-2-7)14(17,18)19/h1-5H,6H2,(H,21,22). The van der Waals surface area contributed by atoms with Gasteiger partial charge < -0.3 is 5.11 Å². The van der Waals surface area contributed by atoms with Crippen LogP contribution in [-0.2, 0) is 17.4 Å². The molecule has 0 saturated heterocycles. The SMILES string of the molecule is O=C(O)Cc1nc(-c2ccc(C(F)(F)F)cc2)c(F)cc1F. The number of hydrogen-bond donors (Lipinski definition) is 1. The molecule has 2 rings (SSSR count). The van der Waals surface area contributed by atoms with Crippen LogP contribution in [0.5, 0.6) is 0 Å². The molecule has 1 aromatic heterocycles. The molecule has 0 aliphatic carbocycles. The quantitative estimate of drug-likeness (QED) is 0.879. The largest absolute Gasteiger partial charge is 0.481 e. The Labute approximate surface area is 121 Å². The van der Waals surface area contributed by atoms with E-state index in [-0.39, 0.29) is 5.56 Å². The van der Waals surface area contributed by atoms with Gasteiger partial charge in [-0.05, 0) is 12.1 Å². The summed E-state index contributed by atoms with van der Waals surface area (Å²) >= 11 is 0. The number of benzene rings is 1. The second kappa shape index (κ2) is 5.70. The number of aromatic nitrogens is 1. The monoisotopic (exact) mass is 317 g/mol. The molecule has 0 spiro atoms. The zero-order valence-electron chi connectivity index (χ0n) is 10.8. The molecule has 1 N–H and O–H groups in total. The van der Waals surface area contributed by atoms with Crippen LogP contribution in [0.25, 0.3) is 11.3 Å². The fraction of sp³-hybridized carbons (Fsp3) is 0.143. The van der Waals surface area contributed by atoms with Gasteiger partial charge in [0.25, 0.3) is 0 Å². The summed E-state index contributed by atoms with van der Waals surface area (Å²) in [5.74, 6) is -3.58. The summed E-state index contributed by atoms with van der Waals surface area (Å²) in [6, 6.07) is 3.89. The highest BCUT2D eigenvalue weighted by atomic mass is 19.4. The van der Waals surface area contributed by atoms with Crippen molar-refractivity contribution >= 4 is 5.97 Å². The zero-order valence-corrected chi connectivity index (χ0v) is 10.8. The highest BCUT2D eigenvalue weighted by Crippen LogP contribution is 2.31. The van der Waals surface area contributed by atoms with Crippen LogP contribution in [0, 0.1) is 11.6 Å². The number of carbonyl (C=O) groups is 1. The summed E-state index contributed by atoms with van der Waals surface area (Å²) < 4.78 is 64.5. The number of carboxylic acid groups (broad SMARTS) is 1. The van der Waals surface area contributed by atoms with Crippen LogP contribution in [0.4, 0.5) is 22.0 Å². The third-order valence-corrected chi connectivity index (χ3v) is 2.81. The van der Waals surface area contributed by atoms with Gasteiger partial charge in [-0.3, -0.25) is 4.79 Å². The van der Waals surface area contributed by atoms with Crippen LogP contribution in [0.1, 0.15) is 11.3 Å². The Morgan fingerprint density at radius 2 is 1.68 bits per heavy atom. The van der Waals surface area contributed by atoms with E-state index in [9.17, 15) is 26.7 Å². The molecule has 0 saturated carbocycles. The Morgan fingerprint density at radius 1 is 1.09 bits per heavy atom. The Hall–Kier alpha value is -2.51. The summed E-state index contributed by atoms with van der Waals surface area (Å²) in [4.78, 5) is 14.1. The lowest BCUT2D eigenvalue weighted by molar-refractivity contribution is -0.138. The van der Waals surface area contributed by atoms with Gasteiger partial charge in [0.05, 0.1) is 17.7 Å². The van der Waals surface area contributed by atoms with Gasteiger partial charge in [-0.1, -0.05) is 12.1 Å². The number of rotatable bonds is 3. The van der Waals surface area contributed by atoms with E-state index in [1.165, 1.54) is 0 Å². The zero-order chi connectivity index (χ0) is 16.5. The minimum absolute atomic E-state index is 0.0165. The molecule has 0 atom stereocenters. The summed E-state index contributed by atoms with van der Waals surface area (Å²) in [6.45, 7) is 0. The van der Waals surface area contributed by atoms with E-state index in [0.717, 1.165) is 24.3 Å². The van der Waals surface area contributed by atoms with Crippen molar-refractivity contribution in [3.63, 3.8) is 0 Å². The highest BCUT2D eigenvalue weighted by Gasteiger charge is 2.30. The first-order valence-electron chi connectivity index (χ1n) is 5.93. The number of aliphatic carboxylic acids is 1. The Balaban J connectivity index is 2.45. The Bertz CT molecular complexity index is 710. The lowest BCUT2D eigenvalue weighted by Crippen LogP contribution is -2.07. The summed E-state index contributed by atoms with van der Waals surface area (Å²) in [5, 5.41) is 8.62. The average Bonchev–Trinajstić information content (AvgIpc) is 2.40. The lowest BCUT2D eigenvalue weighted by Gasteiger charge is -2.09. The number of carboxylic acids is 1. The average molecular weight is 317 g/mol. The maximum absolute atomic E-state index is 13.7. The van der Waals surface area contributed by atoms with Crippen molar-refractivity contribution in [1.82, 2.24) is 4.98 Å². The molecular weight excluding hydrogens is 309 g/mol. The van der Waals surface area contributed by atoms with Gasteiger partial charge in [0.1, 0.15) is 11.5 Å². The van der Waals surface area contributed by atoms with Crippen molar-refractivity contribution in [3.8, 4) is 11.3 Å². The van der Waals surface area contributed by atoms with E-state index in [4.69, 9.17) is 5.11 Å². The van der Waals surface area contributed by atoms with Crippen LogP contribution < -0.4 is 0 Å². The fourth-order valence-electron chi connectivity index (χ4n) is 1.79. The van der Waals surface area contributed by atoms with Gasteiger partial charge in [-0.2, -0.15) is 13.2 Å². The van der Waals surface area contributed by atoms with Crippen molar-refractivity contribution in [2.45, 2.75) is 12.6 Å². The molecule has 8 heteroatoms. The third kappa shape index (κ3) is 3.38. The molecular formula is C14H8F5NO2. The van der Waals surface area contributed by atoms with E-state index >= 15 is 0 Å². The third-order valence-electron chi connectivity index (χ3n) is 2.81. The number of pyridine rings is 1. The Morgan fingerprint density at radius 3 is 2.18 bits per heavy atom. The first-order valence-corrected chi connectivity index (χ1v) is 5.93. The number of hydrogen-bond acceptors (Lipinski definition) is 2. The van der Waals surface area contributed by atoms with E-state index in [2.05, 4.69) is 4.98 Å². The second-order valence-electron chi connectivity index (χ2n) is 4.39. The number of halogens is 5. The normalized spacial score (nSPS) is 11.5. The van der Waals surface area contributed by atoms with Crippen molar-refractivity contribution in [2.24, 2.45) is 0 Å². The molecule has 3 nitrogen and oxygen atoms in total. The topological polar surface area (TPSA) is 50.2 Å². The van der Waals surface area contributed by atoms with Gasteiger partial charge in [0.15, 0.2) is 5.82 Å². The maximum Gasteiger partial charge on any atom is 0.416 e. The summed E-state index contributed by atoms with van der Waals surface area (Å²) in [5.41, 5.74) is -1.85. The second-order valence-corrected chi connectivity index (χ2v) is 4.39. The maximum atomic E-state index is 13.7. The molecule has 22 heavy (non-hydrogen) atoms. The fourth-order valence-corrected chi connectivity index (χ4v) is 1.79. The van der Waals surface area contributed by atoms with Crippen LogP contribution in [0.2, 0.25) is 0 Å². The molecule has 1 heterocycles. The Kier molecular flexibility index (Phi) is 4.11. The van der Waals surface area contributed by atoms with Crippen LogP contribution in [0.3, 0.4) is 0 Å². The molecule has 0 aliphatic heterocycles. The minimum Gasteiger partial charge on any atom is -0.481 e. The number of alkyl halides is 3. The van der Waals surface area contributed by atoms with Gasteiger partial charge in [-0.25, -0.2) is 13.8 Å². The predicted octanol–water partition coefficient (Wildman–Crippen LogP) is 3.67. The van der Waals surface area contributed by atoms with Crippen molar-refractivity contribution in [3.05, 3.63) is 53.2 Å². The van der Waals surface area contributed by atoms with E-state index < -0.39 is 47.2 Å². The van der Waals surface area contributed by atoms with E-state index in [1.54, 1.807) is 0 Å². The smallest absolute Gasteiger partial charge is 0.416 e. The first kappa shape index (κ1) is 15.9. The predicted molar refractivity (Wildman–Crippen MR) is 65.9 cm³/mol. The molecule has 0 fully saturated rings. The molecule has 1 aromatic carbocycles. The van der Waals surface area contributed by atoms with E-state index in [1.807, 2.05) is 0 Å². The molecule has 0 aliphatic rings. The molecule has 0 unspecified atom stereocenters. The molecule has 0 amide bonds. The van der Waals surface area contributed by atoms with Gasteiger partial charge in [0, 0.05) is 11.6 Å². The highest BCUT2D eigenvalue weighted by molar-refractivity contribution is 5.70. The van der Waals surface area contributed by atoms with Crippen LogP contribution in [-0.4, -0.2) is 16.1 Å². The van der Waals surface area contributed by atoms with Crippen molar-refractivity contribution < 1.29 is 31.9 Å². The van der Waals surface area contributed by atoms with Gasteiger partial charge >= 0.3 is 12.1 Å².